The summed E-state index contributed by atoms with van der Waals surface area (Å²) in [6.07, 6.45) is 0.848. The number of hydrogen-bond donors (Lipinski definition) is 2. The Morgan fingerprint density at radius 2 is 1.77 bits per heavy atom. The van der Waals surface area contributed by atoms with Crippen LogP contribution in [0.4, 0.5) is 15.9 Å². The van der Waals surface area contributed by atoms with Gasteiger partial charge in [-0.3, -0.25) is 4.79 Å². The van der Waals surface area contributed by atoms with Crippen LogP contribution in [-0.4, -0.2) is 22.4 Å². The minimum absolute atomic E-state index is 0.254. The molecule has 3 aromatic rings. The van der Waals surface area contributed by atoms with E-state index in [2.05, 4.69) is 32.7 Å². The molecule has 6 heteroatoms. The summed E-state index contributed by atoms with van der Waals surface area (Å²) in [5.41, 5.74) is 1.98. The van der Waals surface area contributed by atoms with Crippen LogP contribution in [0.15, 0.2) is 60.7 Å². The lowest BCUT2D eigenvalue weighted by Crippen LogP contribution is -2.16. The van der Waals surface area contributed by atoms with Gasteiger partial charge in [0, 0.05) is 18.3 Å². The van der Waals surface area contributed by atoms with Crippen LogP contribution in [-0.2, 0) is 6.42 Å². The number of hydrogen-bond acceptors (Lipinski definition) is 4. The monoisotopic (exact) mass is 350 g/mol. The van der Waals surface area contributed by atoms with Crippen molar-refractivity contribution in [3.63, 3.8) is 0 Å². The molecular weight excluding hydrogens is 331 g/mol. The molecule has 1 aromatic heterocycles. The van der Waals surface area contributed by atoms with Crippen LogP contribution in [0.5, 0.6) is 0 Å². The smallest absolute Gasteiger partial charge is 0.274 e. The van der Waals surface area contributed by atoms with Crippen molar-refractivity contribution in [2.24, 2.45) is 0 Å². The molecule has 132 valence electrons. The van der Waals surface area contributed by atoms with Crippen LogP contribution in [0.1, 0.15) is 21.9 Å². The average molecular weight is 350 g/mol. The van der Waals surface area contributed by atoms with Crippen LogP contribution >= 0.6 is 0 Å². The third-order valence-corrected chi connectivity index (χ3v) is 3.74. The number of anilines is 2. The van der Waals surface area contributed by atoms with Crippen LogP contribution in [0.3, 0.4) is 0 Å². The number of rotatable bonds is 6. The Kier molecular flexibility index (Phi) is 5.53. The zero-order valence-corrected chi connectivity index (χ0v) is 14.4. The number of nitrogens with one attached hydrogen (secondary N) is 2. The first-order chi connectivity index (χ1) is 12.6. The fraction of sp³-hybridized carbons (Fsp3) is 0.150. The van der Waals surface area contributed by atoms with E-state index in [0.717, 1.165) is 6.42 Å². The van der Waals surface area contributed by atoms with Crippen molar-refractivity contribution >= 4 is 17.4 Å². The number of benzene rings is 2. The number of amides is 1. The van der Waals surface area contributed by atoms with E-state index in [0.29, 0.717) is 23.9 Å². The van der Waals surface area contributed by atoms with Crippen molar-refractivity contribution in [3.8, 4) is 0 Å². The van der Waals surface area contributed by atoms with E-state index in [-0.39, 0.29) is 17.4 Å². The molecule has 1 amide bonds. The van der Waals surface area contributed by atoms with Gasteiger partial charge in [-0.15, -0.1) is 0 Å². The topological polar surface area (TPSA) is 66.9 Å². The van der Waals surface area contributed by atoms with E-state index in [4.69, 9.17) is 0 Å². The van der Waals surface area contributed by atoms with Gasteiger partial charge in [0.15, 0.2) is 0 Å². The van der Waals surface area contributed by atoms with Gasteiger partial charge in [0.2, 0.25) is 0 Å². The lowest BCUT2D eigenvalue weighted by atomic mass is 10.1. The van der Waals surface area contributed by atoms with Gasteiger partial charge in [0.05, 0.1) is 0 Å². The summed E-state index contributed by atoms with van der Waals surface area (Å²) in [5.74, 6) is 0.371. The first-order valence-corrected chi connectivity index (χ1v) is 8.30. The SMILES string of the molecule is Cc1nc(NCCc2ccccc2)cc(C(=O)Nc2ccc(F)cc2)n1. The Morgan fingerprint density at radius 1 is 1.04 bits per heavy atom. The highest BCUT2D eigenvalue weighted by atomic mass is 19.1. The second kappa shape index (κ2) is 8.20. The van der Waals surface area contributed by atoms with E-state index in [9.17, 15) is 9.18 Å². The molecule has 0 spiro atoms. The van der Waals surface area contributed by atoms with Crippen LogP contribution in [0.25, 0.3) is 0 Å². The van der Waals surface area contributed by atoms with Crippen molar-refractivity contribution in [1.29, 1.82) is 0 Å². The number of halogens is 1. The summed E-state index contributed by atoms with van der Waals surface area (Å²) >= 11 is 0. The molecule has 0 saturated heterocycles. The quantitative estimate of drug-likeness (QED) is 0.709. The normalized spacial score (nSPS) is 10.4. The van der Waals surface area contributed by atoms with Gasteiger partial charge in [0.25, 0.3) is 5.91 Å². The molecule has 0 unspecified atom stereocenters. The highest BCUT2D eigenvalue weighted by Gasteiger charge is 2.11. The van der Waals surface area contributed by atoms with E-state index >= 15 is 0 Å². The van der Waals surface area contributed by atoms with Gasteiger partial charge in [-0.1, -0.05) is 30.3 Å². The maximum absolute atomic E-state index is 13.0. The Bertz CT molecular complexity index is 882. The zero-order valence-electron chi connectivity index (χ0n) is 14.4. The summed E-state index contributed by atoms with van der Waals surface area (Å²) in [7, 11) is 0. The fourth-order valence-corrected chi connectivity index (χ4v) is 2.48. The number of carbonyl (C=O) groups is 1. The summed E-state index contributed by atoms with van der Waals surface area (Å²) < 4.78 is 13.0. The Morgan fingerprint density at radius 3 is 2.50 bits per heavy atom. The van der Waals surface area contributed by atoms with Crippen molar-refractivity contribution in [2.75, 3.05) is 17.2 Å². The minimum Gasteiger partial charge on any atom is -0.370 e. The van der Waals surface area contributed by atoms with Crippen LogP contribution in [0, 0.1) is 12.7 Å². The summed E-state index contributed by atoms with van der Waals surface area (Å²) in [5, 5.41) is 5.92. The Labute approximate surface area is 151 Å². The van der Waals surface area contributed by atoms with Gasteiger partial charge in [-0.05, 0) is 43.2 Å². The standard InChI is InChI=1S/C20H19FN4O/c1-14-23-18(20(26)25-17-9-7-16(21)8-10-17)13-19(24-14)22-12-11-15-5-3-2-4-6-15/h2-10,13H,11-12H2,1H3,(H,25,26)(H,22,23,24). The second-order valence-corrected chi connectivity index (χ2v) is 5.81. The molecule has 0 fully saturated rings. The molecule has 5 nitrogen and oxygen atoms in total. The molecule has 0 saturated carbocycles. The number of aryl methyl sites for hydroxylation is 1. The summed E-state index contributed by atoms with van der Waals surface area (Å²) in [4.78, 5) is 20.9. The molecule has 0 atom stereocenters. The molecule has 3 rings (SSSR count). The first-order valence-electron chi connectivity index (χ1n) is 8.30. The third kappa shape index (κ3) is 4.86. The van der Waals surface area contributed by atoms with Crippen molar-refractivity contribution < 1.29 is 9.18 Å². The van der Waals surface area contributed by atoms with Gasteiger partial charge in [-0.2, -0.15) is 0 Å². The minimum atomic E-state index is -0.367. The molecule has 0 bridgehead atoms. The predicted octanol–water partition coefficient (Wildman–Crippen LogP) is 3.83. The largest absolute Gasteiger partial charge is 0.370 e. The highest BCUT2D eigenvalue weighted by Crippen LogP contribution is 2.12. The predicted molar refractivity (Wildman–Crippen MR) is 99.8 cm³/mol. The first kappa shape index (κ1) is 17.5. The molecule has 2 N–H and O–H groups in total. The zero-order chi connectivity index (χ0) is 18.4. The average Bonchev–Trinajstić information content (AvgIpc) is 2.64. The molecule has 0 aliphatic heterocycles. The number of aromatic nitrogens is 2. The van der Waals surface area contributed by atoms with Gasteiger partial charge in [0.1, 0.15) is 23.2 Å². The van der Waals surface area contributed by atoms with Crippen LogP contribution in [0.2, 0.25) is 0 Å². The molecule has 0 aliphatic rings. The Balaban J connectivity index is 1.64. The maximum atomic E-state index is 13.0. The molecule has 1 heterocycles. The van der Waals surface area contributed by atoms with Gasteiger partial charge in [-0.25, -0.2) is 14.4 Å². The lowest BCUT2D eigenvalue weighted by molar-refractivity contribution is 0.102. The van der Waals surface area contributed by atoms with Crippen molar-refractivity contribution in [3.05, 3.63) is 83.6 Å². The molecule has 0 radical (unpaired) electrons. The van der Waals surface area contributed by atoms with Crippen molar-refractivity contribution in [2.45, 2.75) is 13.3 Å². The third-order valence-electron chi connectivity index (χ3n) is 3.74. The van der Waals surface area contributed by atoms with Gasteiger partial charge >= 0.3 is 0 Å². The highest BCUT2D eigenvalue weighted by molar-refractivity contribution is 6.03. The second-order valence-electron chi connectivity index (χ2n) is 5.81. The van der Waals surface area contributed by atoms with Crippen molar-refractivity contribution in [1.82, 2.24) is 9.97 Å². The van der Waals surface area contributed by atoms with E-state index in [1.807, 2.05) is 18.2 Å². The molecule has 0 aliphatic carbocycles. The van der Waals surface area contributed by atoms with Gasteiger partial charge < -0.3 is 10.6 Å². The van der Waals surface area contributed by atoms with E-state index in [1.54, 1.807) is 13.0 Å². The fourth-order valence-electron chi connectivity index (χ4n) is 2.48. The molecule has 2 aromatic carbocycles. The maximum Gasteiger partial charge on any atom is 0.274 e. The lowest BCUT2D eigenvalue weighted by Gasteiger charge is -2.09. The number of nitrogens with zero attached hydrogens (tertiary/aromatic N) is 2. The molecular formula is C20H19FN4O. The Hall–Kier alpha value is -3.28. The number of carbonyl (C=O) groups excluding carboxylic acids is 1. The summed E-state index contributed by atoms with van der Waals surface area (Å²) in [6.45, 7) is 2.43. The van der Waals surface area contributed by atoms with E-state index in [1.165, 1.54) is 29.8 Å². The molecule has 26 heavy (non-hydrogen) atoms. The van der Waals surface area contributed by atoms with Crippen LogP contribution < -0.4 is 10.6 Å². The summed E-state index contributed by atoms with van der Waals surface area (Å²) in [6, 6.07) is 17.3. The van der Waals surface area contributed by atoms with E-state index < -0.39 is 0 Å².